The normalized spacial score (nSPS) is 9.54. The quantitative estimate of drug-likeness (QED) is 0.448. The van der Waals surface area contributed by atoms with E-state index in [1.54, 1.807) is 19.4 Å². The van der Waals surface area contributed by atoms with Gasteiger partial charge < -0.3 is 38.3 Å². The minimum Gasteiger partial charge on any atom is -2.00 e. The Bertz CT molecular complexity index is 586. The van der Waals surface area contributed by atoms with Crippen molar-refractivity contribution in [3.8, 4) is 5.75 Å². The molecule has 1 aromatic heterocycles. The standard InChI is InChI=1S/C15H16N3OS.CH3O.O.V/c1-19-13-7-3-2-6-12(13)9-11-17-15(20)18-14-8-4-5-10-16-14;1-2;;/h2-8,10H,9,11H2,1H3,(H-,16,17,18,20);1H3;;/q2*-1;-2;/p-1. The Morgan fingerprint density at radius 3 is 2.50 bits per heavy atom. The van der Waals surface area contributed by atoms with Gasteiger partial charge in [-0.2, -0.15) is 7.11 Å². The molecule has 0 unspecified atom stereocenters. The molecule has 0 aliphatic carbocycles. The molecule has 1 heterocycles. The van der Waals surface area contributed by atoms with Crippen molar-refractivity contribution in [1.82, 2.24) is 4.98 Å². The summed E-state index contributed by atoms with van der Waals surface area (Å²) in [4.78, 5) is 8.23. The van der Waals surface area contributed by atoms with Crippen molar-refractivity contribution in [2.75, 3.05) is 20.8 Å². The molecule has 24 heavy (non-hydrogen) atoms. The first-order valence-corrected chi connectivity index (χ1v) is 7.07. The van der Waals surface area contributed by atoms with Crippen molar-refractivity contribution < 1.29 is 33.9 Å². The molecular formula is C16H18N3O3SV-5. The van der Waals surface area contributed by atoms with E-state index in [0.29, 0.717) is 17.5 Å². The molecule has 0 amide bonds. The van der Waals surface area contributed by atoms with Crippen LogP contribution >= 0.6 is 0 Å². The molecule has 8 heteroatoms. The van der Waals surface area contributed by atoms with E-state index in [1.807, 2.05) is 36.4 Å². The molecule has 131 valence electrons. The van der Waals surface area contributed by atoms with Gasteiger partial charge in [0, 0.05) is 30.6 Å². The number of pyridine rings is 1. The summed E-state index contributed by atoms with van der Waals surface area (Å²) < 4.78 is 5.29. The first-order valence-electron chi connectivity index (χ1n) is 6.66. The molecule has 0 atom stereocenters. The number of rotatable bonds is 5. The summed E-state index contributed by atoms with van der Waals surface area (Å²) in [7, 11) is 2.41. The van der Waals surface area contributed by atoms with Crippen molar-refractivity contribution in [3.63, 3.8) is 0 Å². The maximum absolute atomic E-state index is 8.25. The molecule has 0 spiro atoms. The second-order valence-corrected chi connectivity index (χ2v) is 4.39. The fourth-order valence-electron chi connectivity index (χ4n) is 1.73. The molecule has 0 bridgehead atoms. The molecule has 1 radical (unpaired) electrons. The number of benzene rings is 1. The zero-order chi connectivity index (χ0) is 16.2. The van der Waals surface area contributed by atoms with E-state index in [2.05, 4.69) is 15.3 Å². The topological polar surface area (TPSA) is 100 Å². The Kier molecular flexibility index (Phi) is 15.3. The summed E-state index contributed by atoms with van der Waals surface area (Å²) in [6.07, 6.45) is 2.44. The number of hydrogen-bond acceptors (Lipinski definition) is 5. The fraction of sp³-hybridized carbons (Fsp3) is 0.250. The van der Waals surface area contributed by atoms with Gasteiger partial charge in [-0.3, -0.25) is 4.98 Å². The molecule has 2 rings (SSSR count). The van der Waals surface area contributed by atoms with Crippen LogP contribution in [0.4, 0.5) is 5.82 Å². The summed E-state index contributed by atoms with van der Waals surface area (Å²) in [5, 5.41) is 12.8. The first kappa shape index (κ1) is 24.6. The molecular weight excluding hydrogens is 365 g/mol. The fourth-order valence-corrected chi connectivity index (χ4v) is 1.92. The Morgan fingerprint density at radius 1 is 1.21 bits per heavy atom. The number of para-hydroxylation sites is 1. The second kappa shape index (κ2) is 14.9. The van der Waals surface area contributed by atoms with E-state index in [0.717, 1.165) is 24.8 Å². The number of ether oxygens (including phenoxy) is 1. The summed E-state index contributed by atoms with van der Waals surface area (Å²) in [5.74, 6) is 1.45. The van der Waals surface area contributed by atoms with Gasteiger partial charge >= 0.3 is 0 Å². The van der Waals surface area contributed by atoms with Crippen molar-refractivity contribution in [2.45, 2.75) is 6.42 Å². The van der Waals surface area contributed by atoms with Gasteiger partial charge in [-0.1, -0.05) is 24.3 Å². The Hall–Kier alpha value is -1.64. The third-order valence-electron chi connectivity index (χ3n) is 2.68. The molecule has 0 saturated heterocycles. The van der Waals surface area contributed by atoms with Crippen LogP contribution in [0.25, 0.3) is 5.32 Å². The van der Waals surface area contributed by atoms with E-state index >= 15 is 0 Å². The van der Waals surface area contributed by atoms with E-state index in [-0.39, 0.29) is 24.0 Å². The third-order valence-corrected chi connectivity index (χ3v) is 2.90. The van der Waals surface area contributed by atoms with Gasteiger partial charge in [0.15, 0.2) is 0 Å². The Labute approximate surface area is 160 Å². The van der Waals surface area contributed by atoms with Gasteiger partial charge in [0.2, 0.25) is 0 Å². The number of nitrogens with zero attached hydrogens (tertiary/aromatic N) is 3. The van der Waals surface area contributed by atoms with Crippen molar-refractivity contribution in [1.29, 1.82) is 0 Å². The van der Waals surface area contributed by atoms with Crippen LogP contribution in [-0.4, -0.2) is 30.9 Å². The predicted molar refractivity (Wildman–Crippen MR) is 90.2 cm³/mol. The second-order valence-electron chi connectivity index (χ2n) is 4.03. The van der Waals surface area contributed by atoms with Crippen molar-refractivity contribution in [3.05, 3.63) is 59.5 Å². The molecule has 0 aliphatic rings. The Morgan fingerprint density at radius 2 is 1.88 bits per heavy atom. The van der Waals surface area contributed by atoms with Crippen LogP contribution in [0.2, 0.25) is 0 Å². The molecule has 0 aliphatic heterocycles. The molecule has 0 N–H and O–H groups in total. The molecule has 0 fully saturated rings. The van der Waals surface area contributed by atoms with Gasteiger partial charge in [-0.05, 0) is 36.7 Å². The number of aromatic nitrogens is 1. The van der Waals surface area contributed by atoms with Gasteiger partial charge in [0.1, 0.15) is 5.75 Å². The minimum atomic E-state index is 0. The predicted octanol–water partition coefficient (Wildman–Crippen LogP) is 2.10. The van der Waals surface area contributed by atoms with Crippen LogP contribution in [0.3, 0.4) is 0 Å². The zero-order valence-electron chi connectivity index (χ0n) is 13.5. The number of methoxy groups -OCH3 is 1. The van der Waals surface area contributed by atoms with E-state index < -0.39 is 0 Å². The van der Waals surface area contributed by atoms with E-state index in [9.17, 15) is 0 Å². The maximum Gasteiger partial charge on any atom is 0.122 e. The van der Waals surface area contributed by atoms with E-state index in [4.69, 9.17) is 22.5 Å². The Balaban J connectivity index is 0. The van der Waals surface area contributed by atoms with Gasteiger partial charge in [-0.25, -0.2) is 5.17 Å². The number of hydrogen-bond donors (Lipinski definition) is 0. The maximum atomic E-state index is 8.25. The summed E-state index contributed by atoms with van der Waals surface area (Å²) in [5.41, 5.74) is 1.11. The van der Waals surface area contributed by atoms with Gasteiger partial charge in [-0.15, -0.1) is 0 Å². The number of aliphatic imine (C=N–C) groups is 1. The van der Waals surface area contributed by atoms with Crippen LogP contribution in [0.15, 0.2) is 53.7 Å². The first-order chi connectivity index (χ1) is 10.8. The minimum absolute atomic E-state index is 0. The average molecular weight is 383 g/mol. The zero-order valence-corrected chi connectivity index (χ0v) is 15.7. The largest absolute Gasteiger partial charge is 2.00 e. The van der Waals surface area contributed by atoms with Gasteiger partial charge in [0.05, 0.1) is 7.11 Å². The summed E-state index contributed by atoms with van der Waals surface area (Å²) in [6.45, 7) is 0.579. The molecule has 0 saturated carbocycles. The molecule has 6 nitrogen and oxygen atoms in total. The van der Waals surface area contributed by atoms with Crippen molar-refractivity contribution in [2.24, 2.45) is 4.99 Å². The van der Waals surface area contributed by atoms with Gasteiger partial charge in [0.25, 0.3) is 0 Å². The van der Waals surface area contributed by atoms with Crippen LogP contribution in [0.1, 0.15) is 5.56 Å². The van der Waals surface area contributed by atoms with Crippen LogP contribution < -0.4 is 9.84 Å². The summed E-state index contributed by atoms with van der Waals surface area (Å²) >= 11 is 5.11. The van der Waals surface area contributed by atoms with Crippen LogP contribution in [0, 0.1) is 0 Å². The average Bonchev–Trinajstić information content (AvgIpc) is 2.58. The van der Waals surface area contributed by atoms with E-state index in [1.165, 1.54) is 0 Å². The molecule has 1 aromatic carbocycles. The third kappa shape index (κ3) is 8.86. The van der Waals surface area contributed by atoms with Crippen LogP contribution in [-0.2, 0) is 43.1 Å². The smallest absolute Gasteiger partial charge is 0.122 e. The SMILES string of the molecule is COc1ccccc1CC[N-]C([S-])=Nc1ccccn1.C[O-].[O-2].[V]. The summed E-state index contributed by atoms with van der Waals surface area (Å²) in [6, 6.07) is 13.4. The number of amidine groups is 1. The monoisotopic (exact) mass is 383 g/mol. The molecule has 2 aromatic rings. The van der Waals surface area contributed by atoms with Crippen molar-refractivity contribution >= 4 is 23.6 Å². The van der Waals surface area contributed by atoms with Crippen LogP contribution in [0.5, 0.6) is 5.75 Å².